The van der Waals surface area contributed by atoms with Crippen molar-refractivity contribution in [3.8, 4) is 0 Å². The zero-order valence-electron chi connectivity index (χ0n) is 14.8. The third-order valence-corrected chi connectivity index (χ3v) is 4.19. The lowest BCUT2D eigenvalue weighted by Gasteiger charge is -2.14. The number of alkyl halides is 3. The van der Waals surface area contributed by atoms with Gasteiger partial charge < -0.3 is 11.1 Å². The van der Waals surface area contributed by atoms with Crippen molar-refractivity contribution in [2.24, 2.45) is 0 Å². The van der Waals surface area contributed by atoms with E-state index in [-0.39, 0.29) is 16.9 Å². The van der Waals surface area contributed by atoms with E-state index in [4.69, 9.17) is 5.73 Å². The number of benzene rings is 2. The molecule has 0 saturated heterocycles. The molecule has 28 heavy (non-hydrogen) atoms. The maximum atomic E-state index is 14.2. The summed E-state index contributed by atoms with van der Waals surface area (Å²) in [7, 11) is 0. The highest BCUT2D eigenvalue weighted by molar-refractivity contribution is 5.76. The SMILES string of the molecule is C=C(Nc1cc(CCc2cc(N)n[nH]2)ccc1F)c1cccc(C(F)(F)F)c1. The smallest absolute Gasteiger partial charge is 0.382 e. The van der Waals surface area contributed by atoms with Crippen LogP contribution in [-0.2, 0) is 19.0 Å². The summed E-state index contributed by atoms with van der Waals surface area (Å²) >= 11 is 0. The van der Waals surface area contributed by atoms with Crippen molar-refractivity contribution in [2.45, 2.75) is 19.0 Å². The maximum Gasteiger partial charge on any atom is 0.416 e. The van der Waals surface area contributed by atoms with Crippen LogP contribution in [0.4, 0.5) is 29.1 Å². The van der Waals surface area contributed by atoms with Gasteiger partial charge in [0.15, 0.2) is 0 Å². The molecule has 1 heterocycles. The Bertz CT molecular complexity index is 992. The number of hydrogen-bond donors (Lipinski definition) is 3. The fourth-order valence-electron chi connectivity index (χ4n) is 2.73. The maximum absolute atomic E-state index is 14.2. The van der Waals surface area contributed by atoms with E-state index in [1.54, 1.807) is 18.2 Å². The highest BCUT2D eigenvalue weighted by Crippen LogP contribution is 2.31. The topological polar surface area (TPSA) is 66.7 Å². The van der Waals surface area contributed by atoms with E-state index in [9.17, 15) is 17.6 Å². The lowest BCUT2D eigenvalue weighted by atomic mass is 10.1. The van der Waals surface area contributed by atoms with Crippen molar-refractivity contribution in [1.82, 2.24) is 10.2 Å². The Morgan fingerprint density at radius 1 is 1.11 bits per heavy atom. The molecule has 2 aromatic carbocycles. The standard InChI is InChI=1S/C20H18F4N4/c1-12(14-3-2-4-15(10-14)20(22,23)24)26-18-9-13(6-8-17(18)21)5-7-16-11-19(25)28-27-16/h2-4,6,8-11,26H,1,5,7H2,(H3,25,27,28). The van der Waals surface area contributed by atoms with Crippen LogP contribution in [-0.4, -0.2) is 10.2 Å². The van der Waals surface area contributed by atoms with E-state index in [1.807, 2.05) is 0 Å². The van der Waals surface area contributed by atoms with Crippen LogP contribution in [0.1, 0.15) is 22.4 Å². The number of nitrogens with two attached hydrogens (primary N) is 1. The molecule has 4 N–H and O–H groups in total. The van der Waals surface area contributed by atoms with Gasteiger partial charge in [-0.2, -0.15) is 18.3 Å². The molecule has 0 bridgehead atoms. The molecule has 3 aromatic rings. The average Bonchev–Trinajstić information content (AvgIpc) is 3.07. The van der Waals surface area contributed by atoms with E-state index in [0.29, 0.717) is 18.7 Å². The monoisotopic (exact) mass is 390 g/mol. The van der Waals surface area contributed by atoms with Gasteiger partial charge in [-0.1, -0.05) is 24.8 Å². The molecule has 0 amide bonds. The van der Waals surface area contributed by atoms with Gasteiger partial charge >= 0.3 is 6.18 Å². The summed E-state index contributed by atoms with van der Waals surface area (Å²) in [5.41, 5.74) is 7.00. The lowest BCUT2D eigenvalue weighted by Crippen LogP contribution is -2.06. The molecular weight excluding hydrogens is 372 g/mol. The predicted octanol–water partition coefficient (Wildman–Crippen LogP) is 5.02. The summed E-state index contributed by atoms with van der Waals surface area (Å²) in [6, 6.07) is 11.0. The molecule has 0 saturated carbocycles. The van der Waals surface area contributed by atoms with E-state index in [1.165, 1.54) is 18.2 Å². The van der Waals surface area contributed by atoms with Gasteiger partial charge in [-0.25, -0.2) is 4.39 Å². The highest BCUT2D eigenvalue weighted by Gasteiger charge is 2.30. The molecule has 0 radical (unpaired) electrons. The van der Waals surface area contributed by atoms with E-state index >= 15 is 0 Å². The number of H-pyrrole nitrogens is 1. The van der Waals surface area contributed by atoms with Gasteiger partial charge in [0.25, 0.3) is 0 Å². The second kappa shape index (κ2) is 7.75. The lowest BCUT2D eigenvalue weighted by molar-refractivity contribution is -0.137. The Kier molecular flexibility index (Phi) is 5.39. The second-order valence-electron chi connectivity index (χ2n) is 6.31. The Morgan fingerprint density at radius 2 is 1.89 bits per heavy atom. The number of nitrogens with zero attached hydrogens (tertiary/aromatic N) is 1. The number of aromatic nitrogens is 2. The first-order valence-electron chi connectivity index (χ1n) is 8.44. The number of nitrogen functional groups attached to an aromatic ring is 1. The van der Waals surface area contributed by atoms with Gasteiger partial charge in [0.1, 0.15) is 11.6 Å². The quantitative estimate of drug-likeness (QED) is 0.518. The van der Waals surface area contributed by atoms with Crippen LogP contribution in [0.3, 0.4) is 0 Å². The largest absolute Gasteiger partial charge is 0.416 e. The average molecular weight is 390 g/mol. The van der Waals surface area contributed by atoms with Crippen molar-refractivity contribution in [2.75, 3.05) is 11.1 Å². The second-order valence-corrected chi connectivity index (χ2v) is 6.31. The van der Waals surface area contributed by atoms with Gasteiger partial charge in [0, 0.05) is 17.5 Å². The predicted molar refractivity (Wildman–Crippen MR) is 101 cm³/mol. The number of nitrogens with one attached hydrogen (secondary N) is 2. The van der Waals surface area contributed by atoms with Crippen LogP contribution in [0.15, 0.2) is 55.1 Å². The molecule has 0 aliphatic heterocycles. The Balaban J connectivity index is 1.73. The Labute approximate surface area is 159 Å². The zero-order chi connectivity index (χ0) is 20.3. The first kappa shape index (κ1) is 19.5. The summed E-state index contributed by atoms with van der Waals surface area (Å²) < 4.78 is 52.8. The summed E-state index contributed by atoms with van der Waals surface area (Å²) in [4.78, 5) is 0. The number of rotatable bonds is 6. The van der Waals surface area contributed by atoms with Crippen LogP contribution in [0, 0.1) is 5.82 Å². The van der Waals surface area contributed by atoms with E-state index < -0.39 is 17.6 Å². The minimum Gasteiger partial charge on any atom is -0.382 e. The van der Waals surface area contributed by atoms with Gasteiger partial charge in [-0.05, 0) is 48.2 Å². The van der Waals surface area contributed by atoms with Crippen molar-refractivity contribution in [3.63, 3.8) is 0 Å². The van der Waals surface area contributed by atoms with E-state index in [2.05, 4.69) is 22.1 Å². The molecule has 0 spiro atoms. The zero-order valence-corrected chi connectivity index (χ0v) is 14.8. The normalized spacial score (nSPS) is 11.4. The van der Waals surface area contributed by atoms with E-state index in [0.717, 1.165) is 23.4 Å². The molecular formula is C20H18F4N4. The van der Waals surface area contributed by atoms with Gasteiger partial charge in [0.2, 0.25) is 0 Å². The molecule has 0 atom stereocenters. The highest BCUT2D eigenvalue weighted by atomic mass is 19.4. The molecule has 0 unspecified atom stereocenters. The molecule has 0 fully saturated rings. The fraction of sp³-hybridized carbons (Fsp3) is 0.150. The Morgan fingerprint density at radius 3 is 2.57 bits per heavy atom. The number of hydrogen-bond acceptors (Lipinski definition) is 3. The first-order valence-corrected chi connectivity index (χ1v) is 8.44. The number of halogens is 4. The summed E-state index contributed by atoms with van der Waals surface area (Å²) in [6.07, 6.45) is -3.23. The third-order valence-electron chi connectivity index (χ3n) is 4.19. The van der Waals surface area contributed by atoms with Crippen LogP contribution < -0.4 is 11.1 Å². The fourth-order valence-corrected chi connectivity index (χ4v) is 2.73. The van der Waals surface area contributed by atoms with Gasteiger partial charge in [0.05, 0.1) is 11.3 Å². The van der Waals surface area contributed by atoms with Crippen molar-refractivity contribution in [1.29, 1.82) is 0 Å². The van der Waals surface area contributed by atoms with Crippen LogP contribution in [0.2, 0.25) is 0 Å². The summed E-state index contributed by atoms with van der Waals surface area (Å²) in [6.45, 7) is 3.74. The van der Waals surface area contributed by atoms with Crippen molar-refractivity contribution >= 4 is 17.2 Å². The summed E-state index contributed by atoms with van der Waals surface area (Å²) in [5, 5.41) is 9.42. The molecule has 3 rings (SSSR count). The van der Waals surface area contributed by atoms with Crippen LogP contribution >= 0.6 is 0 Å². The molecule has 8 heteroatoms. The minimum absolute atomic E-state index is 0.143. The number of aromatic amines is 1. The van der Waals surface area contributed by atoms with Gasteiger partial charge in [-0.15, -0.1) is 0 Å². The number of anilines is 2. The molecule has 146 valence electrons. The van der Waals surface area contributed by atoms with Gasteiger partial charge in [-0.3, -0.25) is 5.10 Å². The third kappa shape index (κ3) is 4.70. The molecule has 1 aromatic heterocycles. The number of aryl methyl sites for hydroxylation is 2. The van der Waals surface area contributed by atoms with Crippen molar-refractivity contribution in [3.05, 3.63) is 83.3 Å². The van der Waals surface area contributed by atoms with Crippen molar-refractivity contribution < 1.29 is 17.6 Å². The van der Waals surface area contributed by atoms with Crippen LogP contribution in [0.25, 0.3) is 5.70 Å². The molecule has 0 aliphatic rings. The summed E-state index contributed by atoms with van der Waals surface area (Å²) in [5.74, 6) is -0.128. The Hall–Kier alpha value is -3.29. The molecule has 0 aliphatic carbocycles. The molecule has 4 nitrogen and oxygen atoms in total. The first-order chi connectivity index (χ1) is 13.2. The minimum atomic E-state index is -4.46. The van der Waals surface area contributed by atoms with Crippen LogP contribution in [0.5, 0.6) is 0 Å².